The van der Waals surface area contributed by atoms with Gasteiger partial charge in [0.25, 0.3) is 0 Å². The van der Waals surface area contributed by atoms with Crippen LogP contribution in [0.4, 0.5) is 0 Å². The first-order chi connectivity index (χ1) is 9.76. The van der Waals surface area contributed by atoms with Crippen molar-refractivity contribution in [3.8, 4) is 5.75 Å². The van der Waals surface area contributed by atoms with Gasteiger partial charge in [0.1, 0.15) is 5.75 Å². The molecule has 0 aromatic heterocycles. The van der Waals surface area contributed by atoms with Crippen molar-refractivity contribution in [2.75, 3.05) is 13.7 Å². The molecule has 1 aliphatic carbocycles. The van der Waals surface area contributed by atoms with E-state index in [1.54, 1.807) is 7.11 Å². The Morgan fingerprint density at radius 1 is 1.25 bits per heavy atom. The summed E-state index contributed by atoms with van der Waals surface area (Å²) in [5.74, 6) is 3.33. The minimum absolute atomic E-state index is 0.703. The topological polar surface area (TPSA) is 35.2 Å². The lowest BCUT2D eigenvalue weighted by Gasteiger charge is -2.36. The molecule has 3 unspecified atom stereocenters. The van der Waals surface area contributed by atoms with E-state index in [2.05, 4.69) is 25.1 Å². The van der Waals surface area contributed by atoms with Gasteiger partial charge in [0.15, 0.2) is 0 Å². The number of hydrogen-bond donors (Lipinski definition) is 1. The van der Waals surface area contributed by atoms with Crippen LogP contribution in [0.25, 0.3) is 0 Å². The van der Waals surface area contributed by atoms with Crippen molar-refractivity contribution < 1.29 is 4.74 Å². The number of hydrogen-bond acceptors (Lipinski definition) is 2. The Morgan fingerprint density at radius 3 is 2.80 bits per heavy atom. The summed E-state index contributed by atoms with van der Waals surface area (Å²) in [6, 6.07) is 8.51. The molecule has 2 N–H and O–H groups in total. The van der Waals surface area contributed by atoms with Crippen LogP contribution < -0.4 is 10.5 Å². The third-order valence-electron chi connectivity index (χ3n) is 4.88. The number of rotatable bonds is 6. The molecule has 20 heavy (non-hydrogen) atoms. The second kappa shape index (κ2) is 7.68. The maximum absolute atomic E-state index is 6.00. The molecule has 1 aliphatic rings. The lowest BCUT2D eigenvalue weighted by atomic mass is 9.70. The third-order valence-corrected chi connectivity index (χ3v) is 4.88. The number of ether oxygens (including phenoxy) is 1. The minimum atomic E-state index is 0.703. The molecule has 3 atom stereocenters. The van der Waals surface area contributed by atoms with Crippen molar-refractivity contribution in [3.63, 3.8) is 0 Å². The zero-order chi connectivity index (χ0) is 14.4. The summed E-state index contributed by atoms with van der Waals surface area (Å²) in [6.07, 6.45) is 7.89. The van der Waals surface area contributed by atoms with Crippen LogP contribution in [0.5, 0.6) is 5.75 Å². The fraction of sp³-hybridized carbons (Fsp3) is 0.667. The molecular weight excluding hydrogens is 246 g/mol. The summed E-state index contributed by atoms with van der Waals surface area (Å²) in [7, 11) is 1.74. The highest BCUT2D eigenvalue weighted by atomic mass is 16.5. The Labute approximate surface area is 123 Å². The standard InChI is InChI=1S/C18H29NO/c1-3-5-14-8-9-16(13-19)17(10-14)11-15-6-4-7-18(12-15)20-2/h4,6-7,12,14,16-17H,3,5,8-11,13,19H2,1-2H3. The van der Waals surface area contributed by atoms with Gasteiger partial charge in [-0.25, -0.2) is 0 Å². The molecule has 0 aliphatic heterocycles. The van der Waals surface area contributed by atoms with Gasteiger partial charge in [0, 0.05) is 0 Å². The minimum Gasteiger partial charge on any atom is -0.497 e. The van der Waals surface area contributed by atoms with Crippen LogP contribution in [0.1, 0.15) is 44.6 Å². The number of nitrogens with two attached hydrogens (primary N) is 1. The smallest absolute Gasteiger partial charge is 0.119 e. The number of benzene rings is 1. The van der Waals surface area contributed by atoms with Crippen LogP contribution in [-0.4, -0.2) is 13.7 Å². The van der Waals surface area contributed by atoms with E-state index in [0.717, 1.165) is 30.6 Å². The molecule has 2 rings (SSSR count). The zero-order valence-corrected chi connectivity index (χ0v) is 13.0. The van der Waals surface area contributed by atoms with Crippen LogP contribution in [0.15, 0.2) is 24.3 Å². The van der Waals surface area contributed by atoms with Gasteiger partial charge >= 0.3 is 0 Å². The van der Waals surface area contributed by atoms with Crippen molar-refractivity contribution >= 4 is 0 Å². The summed E-state index contributed by atoms with van der Waals surface area (Å²) < 4.78 is 5.33. The molecule has 1 saturated carbocycles. The zero-order valence-electron chi connectivity index (χ0n) is 13.0. The first-order valence-electron chi connectivity index (χ1n) is 8.09. The highest BCUT2D eigenvalue weighted by Crippen LogP contribution is 2.37. The second-order valence-corrected chi connectivity index (χ2v) is 6.28. The molecule has 112 valence electrons. The van der Waals surface area contributed by atoms with Crippen molar-refractivity contribution in [2.45, 2.75) is 45.4 Å². The van der Waals surface area contributed by atoms with Crippen molar-refractivity contribution in [1.82, 2.24) is 0 Å². The van der Waals surface area contributed by atoms with Crippen LogP contribution in [0, 0.1) is 17.8 Å². The van der Waals surface area contributed by atoms with E-state index in [4.69, 9.17) is 10.5 Å². The van der Waals surface area contributed by atoms with Crippen molar-refractivity contribution in [2.24, 2.45) is 23.5 Å². The average molecular weight is 275 g/mol. The summed E-state index contributed by atoms with van der Waals surface area (Å²) in [4.78, 5) is 0. The first kappa shape index (κ1) is 15.4. The van der Waals surface area contributed by atoms with Gasteiger partial charge in [0.05, 0.1) is 7.11 Å². The Bertz CT molecular complexity index is 404. The van der Waals surface area contributed by atoms with Gasteiger partial charge in [-0.05, 0) is 61.3 Å². The molecule has 0 spiro atoms. The van der Waals surface area contributed by atoms with E-state index >= 15 is 0 Å². The van der Waals surface area contributed by atoms with E-state index in [9.17, 15) is 0 Å². The van der Waals surface area contributed by atoms with E-state index in [0.29, 0.717) is 5.92 Å². The van der Waals surface area contributed by atoms with Gasteiger partial charge in [0.2, 0.25) is 0 Å². The van der Waals surface area contributed by atoms with Crippen LogP contribution in [0.3, 0.4) is 0 Å². The third kappa shape index (κ3) is 3.99. The van der Waals surface area contributed by atoms with E-state index in [-0.39, 0.29) is 0 Å². The molecule has 0 bridgehead atoms. The quantitative estimate of drug-likeness (QED) is 0.850. The van der Waals surface area contributed by atoms with E-state index < -0.39 is 0 Å². The Morgan fingerprint density at radius 2 is 2.10 bits per heavy atom. The van der Waals surface area contributed by atoms with Gasteiger partial charge in [-0.2, -0.15) is 0 Å². The molecular formula is C18H29NO. The average Bonchev–Trinajstić information content (AvgIpc) is 2.48. The van der Waals surface area contributed by atoms with Gasteiger partial charge in [-0.1, -0.05) is 38.3 Å². The highest BCUT2D eigenvalue weighted by molar-refractivity contribution is 5.28. The molecule has 0 heterocycles. The summed E-state index contributed by atoms with van der Waals surface area (Å²) in [6.45, 7) is 3.14. The van der Waals surface area contributed by atoms with Crippen LogP contribution >= 0.6 is 0 Å². The monoisotopic (exact) mass is 275 g/mol. The molecule has 2 heteroatoms. The fourth-order valence-corrected chi connectivity index (χ4v) is 3.76. The Hall–Kier alpha value is -1.02. The predicted octanol–water partition coefficient (Wildman–Crippen LogP) is 4.03. The maximum Gasteiger partial charge on any atom is 0.119 e. The predicted molar refractivity (Wildman–Crippen MR) is 85.0 cm³/mol. The Kier molecular flexibility index (Phi) is 5.90. The van der Waals surface area contributed by atoms with Crippen molar-refractivity contribution in [1.29, 1.82) is 0 Å². The molecule has 1 aromatic rings. The Balaban J connectivity index is 2.02. The lowest BCUT2D eigenvalue weighted by Crippen LogP contribution is -2.31. The van der Waals surface area contributed by atoms with Gasteiger partial charge < -0.3 is 10.5 Å². The molecule has 1 aromatic carbocycles. The summed E-state index contributed by atoms with van der Waals surface area (Å²) in [5.41, 5.74) is 7.39. The van der Waals surface area contributed by atoms with Gasteiger partial charge in [-0.15, -0.1) is 0 Å². The SMILES string of the molecule is CCCC1CCC(CN)C(Cc2cccc(OC)c2)C1. The molecule has 1 fully saturated rings. The number of methoxy groups -OCH3 is 1. The van der Waals surface area contributed by atoms with Crippen LogP contribution in [0.2, 0.25) is 0 Å². The molecule has 0 amide bonds. The highest BCUT2D eigenvalue weighted by Gasteiger charge is 2.29. The fourth-order valence-electron chi connectivity index (χ4n) is 3.76. The molecule has 0 radical (unpaired) electrons. The molecule has 0 saturated heterocycles. The van der Waals surface area contributed by atoms with Crippen molar-refractivity contribution in [3.05, 3.63) is 29.8 Å². The maximum atomic E-state index is 6.00. The summed E-state index contributed by atoms with van der Waals surface area (Å²) in [5, 5.41) is 0. The van der Waals surface area contributed by atoms with Gasteiger partial charge in [-0.3, -0.25) is 0 Å². The van der Waals surface area contributed by atoms with E-state index in [1.165, 1.54) is 37.7 Å². The largest absolute Gasteiger partial charge is 0.497 e. The summed E-state index contributed by atoms with van der Waals surface area (Å²) >= 11 is 0. The van der Waals surface area contributed by atoms with E-state index in [1.807, 2.05) is 6.07 Å². The first-order valence-corrected chi connectivity index (χ1v) is 8.09. The second-order valence-electron chi connectivity index (χ2n) is 6.28. The molecule has 2 nitrogen and oxygen atoms in total. The van der Waals surface area contributed by atoms with Crippen LogP contribution in [-0.2, 0) is 6.42 Å². The normalized spacial score (nSPS) is 26.4. The lowest BCUT2D eigenvalue weighted by molar-refractivity contribution is 0.175.